The highest BCUT2D eigenvalue weighted by Gasteiger charge is 2.22. The minimum absolute atomic E-state index is 0.100. The van der Waals surface area contributed by atoms with Crippen molar-refractivity contribution in [1.29, 1.82) is 5.26 Å². The first-order valence-corrected chi connectivity index (χ1v) is 11.5. The van der Waals surface area contributed by atoms with Gasteiger partial charge in [-0.2, -0.15) is 20.1 Å². The lowest BCUT2D eigenvalue weighted by molar-refractivity contribution is 0.435. The molecule has 9 nitrogen and oxygen atoms in total. The van der Waals surface area contributed by atoms with Crippen molar-refractivity contribution in [2.45, 2.75) is 57.5 Å². The van der Waals surface area contributed by atoms with E-state index in [1.54, 1.807) is 10.9 Å². The molecule has 0 bridgehead atoms. The van der Waals surface area contributed by atoms with E-state index in [1.807, 2.05) is 31.4 Å². The smallest absolute Gasteiger partial charge is 0.192 e. The molecule has 3 rings (SSSR count). The van der Waals surface area contributed by atoms with E-state index in [2.05, 4.69) is 45.3 Å². The summed E-state index contributed by atoms with van der Waals surface area (Å²) >= 11 is 1.42. The van der Waals surface area contributed by atoms with Gasteiger partial charge in [0.25, 0.3) is 0 Å². The number of nitrogens with two attached hydrogens (primary N) is 1. The number of azo groups is 1. The Bertz CT molecular complexity index is 1090. The van der Waals surface area contributed by atoms with Gasteiger partial charge in [-0.25, -0.2) is 9.67 Å². The van der Waals surface area contributed by atoms with Gasteiger partial charge in [0.2, 0.25) is 0 Å². The van der Waals surface area contributed by atoms with Crippen LogP contribution in [-0.4, -0.2) is 30.8 Å². The minimum Gasteiger partial charge on any atom is -0.382 e. The van der Waals surface area contributed by atoms with E-state index in [-0.39, 0.29) is 6.04 Å². The second kappa shape index (κ2) is 10.2. The number of hydrogen-bond donors (Lipinski definition) is 1. The van der Waals surface area contributed by atoms with Crippen LogP contribution < -0.4 is 5.73 Å². The molecular weight excluding hydrogens is 410 g/mol. The molecule has 3 heterocycles. The maximum absolute atomic E-state index is 9.73. The van der Waals surface area contributed by atoms with Crippen molar-refractivity contribution in [2.24, 2.45) is 10.2 Å². The van der Waals surface area contributed by atoms with E-state index in [0.29, 0.717) is 39.4 Å². The second-order valence-electron chi connectivity index (χ2n) is 7.23. The fourth-order valence-electron chi connectivity index (χ4n) is 3.27. The van der Waals surface area contributed by atoms with E-state index < -0.39 is 0 Å². The Morgan fingerprint density at radius 1 is 1.26 bits per heavy atom. The standard InChI is InChI=1S/C21H27N9S/c1-5-6-7-10-14(2)29-20(16(13-22)21(28-29)31-4)26-25-18-15(3)27-30(19(18)23)17-11-8-9-12-24-17/h8-9,11-12,14H,5-7,10,23H2,1-4H3. The zero-order chi connectivity index (χ0) is 22.4. The maximum atomic E-state index is 9.73. The molecule has 1 atom stereocenters. The molecule has 162 valence electrons. The van der Waals surface area contributed by atoms with Gasteiger partial charge in [0.15, 0.2) is 23.1 Å². The van der Waals surface area contributed by atoms with Crippen molar-refractivity contribution in [2.75, 3.05) is 12.0 Å². The molecule has 0 amide bonds. The first kappa shape index (κ1) is 22.5. The van der Waals surface area contributed by atoms with Gasteiger partial charge in [-0.05, 0) is 38.7 Å². The highest BCUT2D eigenvalue weighted by atomic mass is 32.2. The Morgan fingerprint density at radius 3 is 2.71 bits per heavy atom. The van der Waals surface area contributed by atoms with Crippen molar-refractivity contribution >= 4 is 29.1 Å². The van der Waals surface area contributed by atoms with E-state index in [1.165, 1.54) is 16.4 Å². The van der Waals surface area contributed by atoms with E-state index >= 15 is 0 Å². The van der Waals surface area contributed by atoms with Crippen LogP contribution in [-0.2, 0) is 0 Å². The SMILES string of the molecule is CCCCCC(C)n1nc(SC)c(C#N)c1N=Nc1c(C)nn(-c2ccccn2)c1N. The van der Waals surface area contributed by atoms with Crippen LogP contribution in [0.5, 0.6) is 0 Å². The summed E-state index contributed by atoms with van der Waals surface area (Å²) in [5.74, 6) is 1.38. The molecule has 0 aromatic carbocycles. The highest BCUT2D eigenvalue weighted by Crippen LogP contribution is 2.35. The zero-order valence-electron chi connectivity index (χ0n) is 18.3. The fourth-order valence-corrected chi connectivity index (χ4v) is 3.78. The topological polar surface area (TPSA) is 123 Å². The zero-order valence-corrected chi connectivity index (χ0v) is 19.1. The molecule has 3 aromatic rings. The average molecular weight is 438 g/mol. The number of nitriles is 1. The molecule has 1 unspecified atom stereocenters. The van der Waals surface area contributed by atoms with Crippen molar-refractivity contribution in [3.63, 3.8) is 0 Å². The number of anilines is 1. The Labute approximate surface area is 186 Å². The Hall–Kier alpha value is -3.19. The van der Waals surface area contributed by atoms with Gasteiger partial charge < -0.3 is 5.73 Å². The van der Waals surface area contributed by atoms with Crippen molar-refractivity contribution in [1.82, 2.24) is 24.5 Å². The lowest BCUT2D eigenvalue weighted by Gasteiger charge is -2.13. The van der Waals surface area contributed by atoms with Gasteiger partial charge >= 0.3 is 0 Å². The van der Waals surface area contributed by atoms with E-state index in [0.717, 1.165) is 25.7 Å². The molecule has 0 aliphatic heterocycles. The van der Waals surface area contributed by atoms with Crippen LogP contribution in [0.4, 0.5) is 17.3 Å². The molecule has 0 spiro atoms. The summed E-state index contributed by atoms with van der Waals surface area (Å²) in [5.41, 5.74) is 7.79. The Balaban J connectivity index is 1.99. The molecule has 2 N–H and O–H groups in total. The van der Waals surface area contributed by atoms with E-state index in [9.17, 15) is 5.26 Å². The lowest BCUT2D eigenvalue weighted by atomic mass is 10.1. The number of nitrogens with zero attached hydrogens (tertiary/aromatic N) is 8. The fraction of sp³-hybridized carbons (Fsp3) is 0.429. The summed E-state index contributed by atoms with van der Waals surface area (Å²) in [6.07, 6.45) is 7.93. The van der Waals surface area contributed by atoms with Gasteiger partial charge in [0.1, 0.15) is 16.7 Å². The first-order chi connectivity index (χ1) is 15.0. The molecular formula is C21H27N9S. The third-order valence-corrected chi connectivity index (χ3v) is 5.65. The van der Waals surface area contributed by atoms with Gasteiger partial charge in [0.05, 0.1) is 11.7 Å². The second-order valence-corrected chi connectivity index (χ2v) is 8.02. The van der Waals surface area contributed by atoms with Gasteiger partial charge in [-0.1, -0.05) is 32.3 Å². The third-order valence-electron chi connectivity index (χ3n) is 4.98. The number of thioether (sulfide) groups is 1. The van der Waals surface area contributed by atoms with Crippen LogP contribution in [0.15, 0.2) is 39.7 Å². The number of unbranched alkanes of at least 4 members (excludes halogenated alkanes) is 2. The summed E-state index contributed by atoms with van der Waals surface area (Å²) in [6.45, 7) is 6.08. The normalized spacial score (nSPS) is 12.4. The summed E-state index contributed by atoms with van der Waals surface area (Å²) in [7, 11) is 0. The van der Waals surface area contributed by atoms with Crippen LogP contribution in [0.25, 0.3) is 5.82 Å². The largest absolute Gasteiger partial charge is 0.382 e. The molecule has 0 aliphatic carbocycles. The number of aromatic nitrogens is 5. The molecule has 3 aromatic heterocycles. The molecule has 31 heavy (non-hydrogen) atoms. The number of aryl methyl sites for hydroxylation is 1. The number of pyridine rings is 1. The molecule has 0 radical (unpaired) electrons. The number of rotatable bonds is 9. The van der Waals surface area contributed by atoms with Gasteiger partial charge in [0, 0.05) is 6.20 Å². The molecule has 0 saturated carbocycles. The van der Waals surface area contributed by atoms with Gasteiger partial charge in [-0.3, -0.25) is 0 Å². The third kappa shape index (κ3) is 4.77. The molecule has 0 fully saturated rings. The lowest BCUT2D eigenvalue weighted by Crippen LogP contribution is -2.06. The van der Waals surface area contributed by atoms with Crippen LogP contribution in [0.2, 0.25) is 0 Å². The van der Waals surface area contributed by atoms with Gasteiger partial charge in [-0.15, -0.1) is 22.0 Å². The Kier molecular flexibility index (Phi) is 7.41. The van der Waals surface area contributed by atoms with Crippen molar-refractivity contribution < 1.29 is 0 Å². The van der Waals surface area contributed by atoms with E-state index in [4.69, 9.17) is 5.73 Å². The minimum atomic E-state index is 0.100. The molecule has 10 heteroatoms. The first-order valence-electron chi connectivity index (χ1n) is 10.3. The average Bonchev–Trinajstić information content (AvgIpc) is 3.29. The predicted molar refractivity (Wildman–Crippen MR) is 122 cm³/mol. The van der Waals surface area contributed by atoms with Crippen molar-refractivity contribution in [3.8, 4) is 11.9 Å². The molecule has 0 saturated heterocycles. The maximum Gasteiger partial charge on any atom is 0.192 e. The molecule has 0 aliphatic rings. The van der Waals surface area contributed by atoms with Crippen LogP contribution in [0, 0.1) is 18.3 Å². The summed E-state index contributed by atoms with van der Waals surface area (Å²) in [4.78, 5) is 4.29. The van der Waals surface area contributed by atoms with Crippen LogP contribution in [0.1, 0.15) is 56.8 Å². The number of nitrogen functional groups attached to an aromatic ring is 1. The predicted octanol–water partition coefficient (Wildman–Crippen LogP) is 5.50. The Morgan fingerprint density at radius 2 is 2.06 bits per heavy atom. The highest BCUT2D eigenvalue weighted by molar-refractivity contribution is 7.98. The summed E-state index contributed by atoms with van der Waals surface area (Å²) < 4.78 is 3.34. The quantitative estimate of drug-likeness (QED) is 0.268. The summed E-state index contributed by atoms with van der Waals surface area (Å²) in [5, 5.41) is 28.3. The van der Waals surface area contributed by atoms with Crippen LogP contribution in [0.3, 0.4) is 0 Å². The number of hydrogen-bond acceptors (Lipinski definition) is 8. The van der Waals surface area contributed by atoms with Crippen LogP contribution >= 0.6 is 11.8 Å². The van der Waals surface area contributed by atoms with Crippen molar-refractivity contribution in [3.05, 3.63) is 35.7 Å². The monoisotopic (exact) mass is 437 g/mol. The summed E-state index contributed by atoms with van der Waals surface area (Å²) in [6, 6.07) is 7.84.